The van der Waals surface area contributed by atoms with Crippen molar-refractivity contribution in [1.82, 2.24) is 24.5 Å². The van der Waals surface area contributed by atoms with Gasteiger partial charge in [-0.05, 0) is 53.8 Å². The number of fused-ring (bicyclic) bond motifs is 2. The number of hydrogen-bond acceptors (Lipinski definition) is 7. The molecule has 0 saturated carbocycles. The van der Waals surface area contributed by atoms with E-state index in [1.165, 1.54) is 23.7 Å². The van der Waals surface area contributed by atoms with Gasteiger partial charge in [0.25, 0.3) is 5.56 Å². The number of aromatic nitrogens is 5. The average molecular weight is 545 g/mol. The summed E-state index contributed by atoms with van der Waals surface area (Å²) in [6.45, 7) is 1.91. The monoisotopic (exact) mass is 544 g/mol. The molecule has 0 amide bonds. The lowest BCUT2D eigenvalue weighted by Gasteiger charge is -2.22. The summed E-state index contributed by atoms with van der Waals surface area (Å²) in [5.41, 5.74) is 2.85. The fourth-order valence-electron chi connectivity index (χ4n) is 4.62. The van der Waals surface area contributed by atoms with E-state index in [0.717, 1.165) is 17.1 Å². The van der Waals surface area contributed by atoms with Gasteiger partial charge in [0, 0.05) is 17.6 Å². The Labute approximate surface area is 223 Å². The van der Waals surface area contributed by atoms with Crippen molar-refractivity contribution in [2.24, 2.45) is 0 Å². The van der Waals surface area contributed by atoms with Gasteiger partial charge >= 0.3 is 6.18 Å². The van der Waals surface area contributed by atoms with Crippen LogP contribution in [0.5, 0.6) is 0 Å². The van der Waals surface area contributed by atoms with Crippen LogP contribution in [0.1, 0.15) is 24.4 Å². The average Bonchev–Trinajstić information content (AvgIpc) is 3.43. The molecular weight excluding hydrogens is 525 g/mol. The van der Waals surface area contributed by atoms with Crippen molar-refractivity contribution in [2.45, 2.75) is 19.1 Å². The largest absolute Gasteiger partial charge is 0.433 e. The first-order valence-corrected chi connectivity index (χ1v) is 12.8. The van der Waals surface area contributed by atoms with Gasteiger partial charge in [0.1, 0.15) is 22.4 Å². The summed E-state index contributed by atoms with van der Waals surface area (Å²) in [4.78, 5) is 31.4. The molecule has 39 heavy (non-hydrogen) atoms. The SMILES string of the molecule is C[C@H](Nc1ncnc2scnc12)c1cc2cccc(-c3ccnc(C(F)(F)F)c3)c2c(=O)n1-c1ccccc1. The minimum atomic E-state index is -4.61. The number of nitrogens with zero attached hydrogens (tertiary/aromatic N) is 5. The van der Waals surface area contributed by atoms with Crippen LogP contribution in [0.15, 0.2) is 89.6 Å². The first kappa shape index (κ1) is 24.7. The molecule has 194 valence electrons. The highest BCUT2D eigenvalue weighted by atomic mass is 32.1. The number of anilines is 1. The van der Waals surface area contributed by atoms with E-state index in [4.69, 9.17) is 0 Å². The van der Waals surface area contributed by atoms with Crippen molar-refractivity contribution >= 4 is 38.3 Å². The third-order valence-electron chi connectivity index (χ3n) is 6.38. The van der Waals surface area contributed by atoms with E-state index in [2.05, 4.69) is 25.3 Å². The fraction of sp³-hybridized carbons (Fsp3) is 0.107. The Morgan fingerprint density at radius 1 is 0.949 bits per heavy atom. The van der Waals surface area contributed by atoms with Gasteiger partial charge in [-0.1, -0.05) is 36.4 Å². The van der Waals surface area contributed by atoms with E-state index in [-0.39, 0.29) is 11.1 Å². The number of para-hydroxylation sites is 1. The summed E-state index contributed by atoms with van der Waals surface area (Å²) < 4.78 is 41.8. The Morgan fingerprint density at radius 2 is 1.77 bits per heavy atom. The van der Waals surface area contributed by atoms with E-state index >= 15 is 0 Å². The van der Waals surface area contributed by atoms with Crippen molar-refractivity contribution in [3.05, 3.63) is 107 Å². The molecule has 0 aliphatic rings. The third kappa shape index (κ3) is 4.50. The van der Waals surface area contributed by atoms with Gasteiger partial charge in [-0.15, -0.1) is 11.3 Å². The number of benzene rings is 2. The summed E-state index contributed by atoms with van der Waals surface area (Å²) in [5.74, 6) is 0.533. The Bertz CT molecular complexity index is 1880. The molecule has 6 aromatic rings. The number of alkyl halides is 3. The maximum atomic E-state index is 14.2. The van der Waals surface area contributed by atoms with E-state index < -0.39 is 17.9 Å². The maximum absolute atomic E-state index is 14.2. The number of nitrogens with one attached hydrogen (secondary N) is 1. The van der Waals surface area contributed by atoms with Crippen LogP contribution in [-0.2, 0) is 6.18 Å². The van der Waals surface area contributed by atoms with E-state index in [1.807, 2.05) is 43.3 Å². The van der Waals surface area contributed by atoms with Crippen LogP contribution < -0.4 is 10.9 Å². The molecule has 0 radical (unpaired) electrons. The van der Waals surface area contributed by atoms with E-state index in [0.29, 0.717) is 39.1 Å². The molecule has 11 heteroatoms. The van der Waals surface area contributed by atoms with E-state index in [1.54, 1.807) is 28.3 Å². The number of rotatable bonds is 5. The Morgan fingerprint density at radius 3 is 2.56 bits per heavy atom. The van der Waals surface area contributed by atoms with Crippen molar-refractivity contribution < 1.29 is 13.2 Å². The minimum Gasteiger partial charge on any atom is -0.360 e. The quantitative estimate of drug-likeness (QED) is 0.262. The zero-order valence-electron chi connectivity index (χ0n) is 20.3. The lowest BCUT2D eigenvalue weighted by atomic mass is 9.98. The van der Waals surface area contributed by atoms with Crippen LogP contribution in [-0.4, -0.2) is 24.5 Å². The van der Waals surface area contributed by atoms with Crippen molar-refractivity contribution in [2.75, 3.05) is 5.32 Å². The van der Waals surface area contributed by atoms with Crippen molar-refractivity contribution in [1.29, 1.82) is 0 Å². The lowest BCUT2D eigenvalue weighted by Crippen LogP contribution is -2.26. The molecule has 6 rings (SSSR count). The molecule has 2 aromatic carbocycles. The second-order valence-electron chi connectivity index (χ2n) is 8.84. The van der Waals surface area contributed by atoms with Gasteiger partial charge < -0.3 is 5.32 Å². The number of thiazole rings is 1. The zero-order chi connectivity index (χ0) is 27.1. The predicted molar refractivity (Wildman–Crippen MR) is 145 cm³/mol. The highest BCUT2D eigenvalue weighted by molar-refractivity contribution is 7.16. The highest BCUT2D eigenvalue weighted by Crippen LogP contribution is 2.34. The standard InChI is InChI=1S/C28H19F3N6OS/c1-16(36-25-24-26(34-14-33-25)39-15-35-24)21-12-18-6-5-9-20(17-10-11-32-22(13-17)28(29,30)31)23(18)27(38)37(21)19-7-3-2-4-8-19/h2-16H,1H3,(H,33,34,36)/t16-/m0/s1. The number of halogens is 3. The molecular formula is C28H19F3N6OS. The smallest absolute Gasteiger partial charge is 0.360 e. The van der Waals surface area contributed by atoms with Crippen LogP contribution >= 0.6 is 11.3 Å². The van der Waals surface area contributed by atoms with Crippen LogP contribution in [0, 0.1) is 0 Å². The molecule has 4 aromatic heterocycles. The molecule has 1 atom stereocenters. The molecule has 0 spiro atoms. The first-order chi connectivity index (χ1) is 18.8. The molecule has 4 heterocycles. The molecule has 0 saturated heterocycles. The van der Waals surface area contributed by atoms with E-state index in [9.17, 15) is 18.0 Å². The van der Waals surface area contributed by atoms with Gasteiger partial charge in [-0.2, -0.15) is 13.2 Å². The van der Waals surface area contributed by atoms with Gasteiger partial charge in [0.05, 0.1) is 16.9 Å². The van der Waals surface area contributed by atoms with Gasteiger partial charge in [0.15, 0.2) is 5.82 Å². The summed E-state index contributed by atoms with van der Waals surface area (Å²) in [6, 6.07) is 18.2. The molecule has 0 aliphatic heterocycles. The van der Waals surface area contributed by atoms with Gasteiger partial charge in [-0.25, -0.2) is 15.0 Å². The van der Waals surface area contributed by atoms with Crippen LogP contribution in [0.3, 0.4) is 0 Å². The highest BCUT2D eigenvalue weighted by Gasteiger charge is 2.32. The van der Waals surface area contributed by atoms with Crippen molar-refractivity contribution in [3.63, 3.8) is 0 Å². The summed E-state index contributed by atoms with van der Waals surface area (Å²) in [6.07, 6.45) is -2.05. The Hall–Kier alpha value is -4.64. The molecule has 0 aliphatic carbocycles. The van der Waals surface area contributed by atoms with Crippen molar-refractivity contribution in [3.8, 4) is 16.8 Å². The summed E-state index contributed by atoms with van der Waals surface area (Å²) in [5, 5.41) is 4.26. The second-order valence-corrected chi connectivity index (χ2v) is 9.67. The zero-order valence-corrected chi connectivity index (χ0v) is 21.2. The second kappa shape index (κ2) is 9.59. The predicted octanol–water partition coefficient (Wildman–Crippen LogP) is 6.64. The maximum Gasteiger partial charge on any atom is 0.433 e. The molecule has 0 fully saturated rings. The van der Waals surface area contributed by atoms with Crippen LogP contribution in [0.25, 0.3) is 37.9 Å². The molecule has 0 unspecified atom stereocenters. The molecule has 1 N–H and O–H groups in total. The van der Waals surface area contributed by atoms with Gasteiger partial charge in [-0.3, -0.25) is 14.3 Å². The van der Waals surface area contributed by atoms with Crippen LogP contribution in [0.4, 0.5) is 19.0 Å². The summed E-state index contributed by atoms with van der Waals surface area (Å²) >= 11 is 1.40. The van der Waals surface area contributed by atoms with Gasteiger partial charge in [0.2, 0.25) is 0 Å². The van der Waals surface area contributed by atoms with Crippen LogP contribution in [0.2, 0.25) is 0 Å². The minimum absolute atomic E-state index is 0.255. The third-order valence-corrected chi connectivity index (χ3v) is 7.12. The lowest BCUT2D eigenvalue weighted by molar-refractivity contribution is -0.141. The number of hydrogen-bond donors (Lipinski definition) is 1. The number of pyridine rings is 2. The molecule has 7 nitrogen and oxygen atoms in total. The normalized spacial score (nSPS) is 12.6. The molecule has 0 bridgehead atoms. The fourth-order valence-corrected chi connectivity index (χ4v) is 5.24. The Balaban J connectivity index is 1.56. The topological polar surface area (TPSA) is 85.6 Å². The Kier molecular flexibility index (Phi) is 6.07. The summed E-state index contributed by atoms with van der Waals surface area (Å²) in [7, 11) is 0. The first-order valence-electron chi connectivity index (χ1n) is 11.9.